The van der Waals surface area contributed by atoms with E-state index < -0.39 is 0 Å². The standard InChI is InChI=1S/C14H16BrN3OS.ClH/c1-9-6-10(2-3-12(9)15)7-11-8-17-14(20-11)18-13(19)4-5-16;/h2-3,6,8H,4-5,7,16H2,1H3,(H,17,18,19);1H. The van der Waals surface area contributed by atoms with Gasteiger partial charge in [-0.1, -0.05) is 28.1 Å². The van der Waals surface area contributed by atoms with Crippen LogP contribution >= 0.6 is 39.7 Å². The molecule has 1 aromatic heterocycles. The van der Waals surface area contributed by atoms with Crippen LogP contribution in [-0.4, -0.2) is 17.4 Å². The molecule has 2 aromatic rings. The summed E-state index contributed by atoms with van der Waals surface area (Å²) in [5.41, 5.74) is 7.78. The van der Waals surface area contributed by atoms with Crippen LogP contribution in [-0.2, 0) is 11.2 Å². The number of thiazole rings is 1. The third-order valence-corrected chi connectivity index (χ3v) is 4.57. The lowest BCUT2D eigenvalue weighted by Gasteiger charge is -2.02. The Morgan fingerprint density at radius 3 is 2.90 bits per heavy atom. The molecule has 0 radical (unpaired) electrons. The summed E-state index contributed by atoms with van der Waals surface area (Å²) in [6.45, 7) is 2.42. The van der Waals surface area contributed by atoms with E-state index in [2.05, 4.69) is 51.4 Å². The maximum Gasteiger partial charge on any atom is 0.227 e. The van der Waals surface area contributed by atoms with Crippen molar-refractivity contribution in [3.05, 3.63) is 44.9 Å². The minimum absolute atomic E-state index is 0. The molecule has 0 aliphatic rings. The molecule has 0 aliphatic heterocycles. The number of carbonyl (C=O) groups excluding carboxylic acids is 1. The number of nitrogens with zero attached hydrogens (tertiary/aromatic N) is 1. The molecule has 1 aromatic carbocycles. The number of aryl methyl sites for hydroxylation is 1. The Morgan fingerprint density at radius 2 is 2.24 bits per heavy atom. The zero-order valence-electron chi connectivity index (χ0n) is 11.6. The van der Waals surface area contributed by atoms with Crippen LogP contribution in [0.3, 0.4) is 0 Å². The van der Waals surface area contributed by atoms with Crippen molar-refractivity contribution in [3.8, 4) is 0 Å². The predicted octanol–water partition coefficient (Wildman–Crippen LogP) is 3.51. The monoisotopic (exact) mass is 389 g/mol. The summed E-state index contributed by atoms with van der Waals surface area (Å²) in [5.74, 6) is -0.0899. The number of benzene rings is 1. The van der Waals surface area contributed by atoms with Gasteiger partial charge in [-0.05, 0) is 24.1 Å². The topological polar surface area (TPSA) is 68.0 Å². The van der Waals surface area contributed by atoms with Crippen molar-refractivity contribution in [1.29, 1.82) is 0 Å². The van der Waals surface area contributed by atoms with E-state index in [4.69, 9.17) is 5.73 Å². The number of carbonyl (C=O) groups is 1. The normalized spacial score (nSPS) is 10.0. The number of halogens is 2. The van der Waals surface area contributed by atoms with Gasteiger partial charge >= 0.3 is 0 Å². The molecular formula is C14H17BrClN3OS. The molecule has 7 heteroatoms. The molecule has 0 atom stereocenters. The summed E-state index contributed by atoms with van der Waals surface area (Å²) in [4.78, 5) is 16.8. The van der Waals surface area contributed by atoms with Crippen molar-refractivity contribution in [2.75, 3.05) is 11.9 Å². The number of rotatable bonds is 5. The first kappa shape index (κ1) is 18.1. The highest BCUT2D eigenvalue weighted by atomic mass is 79.9. The second-order valence-corrected chi connectivity index (χ2v) is 6.45. The second kappa shape index (κ2) is 8.48. The first-order valence-corrected chi connectivity index (χ1v) is 7.89. The molecule has 0 spiro atoms. The van der Waals surface area contributed by atoms with Gasteiger partial charge < -0.3 is 11.1 Å². The minimum atomic E-state index is -0.0899. The Morgan fingerprint density at radius 1 is 1.48 bits per heavy atom. The average molecular weight is 391 g/mol. The van der Waals surface area contributed by atoms with Gasteiger partial charge in [-0.2, -0.15) is 0 Å². The fourth-order valence-electron chi connectivity index (χ4n) is 1.78. The van der Waals surface area contributed by atoms with E-state index in [9.17, 15) is 4.79 Å². The van der Waals surface area contributed by atoms with Gasteiger partial charge in [0, 0.05) is 34.9 Å². The van der Waals surface area contributed by atoms with Gasteiger partial charge in [-0.25, -0.2) is 4.98 Å². The molecule has 4 nitrogen and oxygen atoms in total. The zero-order valence-corrected chi connectivity index (χ0v) is 14.8. The van der Waals surface area contributed by atoms with E-state index in [0.717, 1.165) is 15.8 Å². The highest BCUT2D eigenvalue weighted by molar-refractivity contribution is 9.10. The first-order valence-electron chi connectivity index (χ1n) is 6.28. The van der Waals surface area contributed by atoms with Crippen LogP contribution in [0.5, 0.6) is 0 Å². The Kier molecular flexibility index (Phi) is 7.31. The number of hydrogen-bond donors (Lipinski definition) is 2. The molecular weight excluding hydrogens is 374 g/mol. The van der Waals surface area contributed by atoms with E-state index in [1.807, 2.05) is 0 Å². The van der Waals surface area contributed by atoms with Gasteiger partial charge in [0.15, 0.2) is 5.13 Å². The lowest BCUT2D eigenvalue weighted by Crippen LogP contribution is -2.15. The van der Waals surface area contributed by atoms with E-state index >= 15 is 0 Å². The van der Waals surface area contributed by atoms with E-state index in [0.29, 0.717) is 18.1 Å². The first-order chi connectivity index (χ1) is 9.58. The van der Waals surface area contributed by atoms with Crippen LogP contribution in [0.25, 0.3) is 0 Å². The quantitative estimate of drug-likeness (QED) is 0.821. The summed E-state index contributed by atoms with van der Waals surface area (Å²) >= 11 is 4.99. The molecule has 1 amide bonds. The maximum atomic E-state index is 11.4. The predicted molar refractivity (Wildman–Crippen MR) is 93.3 cm³/mol. The molecule has 0 bridgehead atoms. The summed E-state index contributed by atoms with van der Waals surface area (Å²) in [5, 5.41) is 3.38. The average Bonchev–Trinajstić information content (AvgIpc) is 2.81. The van der Waals surface area contributed by atoms with Crippen molar-refractivity contribution in [2.24, 2.45) is 5.73 Å². The second-order valence-electron chi connectivity index (χ2n) is 4.48. The summed E-state index contributed by atoms with van der Waals surface area (Å²) in [6, 6.07) is 6.29. The molecule has 0 aliphatic carbocycles. The van der Waals surface area contributed by atoms with Crippen LogP contribution in [0.15, 0.2) is 28.9 Å². The van der Waals surface area contributed by atoms with Gasteiger partial charge in [-0.15, -0.1) is 23.7 Å². The molecule has 21 heavy (non-hydrogen) atoms. The molecule has 1 heterocycles. The molecule has 0 saturated carbocycles. The SMILES string of the molecule is Cc1cc(Cc2cnc(NC(=O)CCN)s2)ccc1Br.Cl. The third-order valence-electron chi connectivity index (χ3n) is 2.77. The molecule has 2 rings (SSSR count). The van der Waals surface area contributed by atoms with Gasteiger partial charge in [-0.3, -0.25) is 4.79 Å². The van der Waals surface area contributed by atoms with Gasteiger partial charge in [0.05, 0.1) is 0 Å². The van der Waals surface area contributed by atoms with Crippen LogP contribution in [0.1, 0.15) is 22.4 Å². The van der Waals surface area contributed by atoms with E-state index in [1.165, 1.54) is 22.5 Å². The molecule has 3 N–H and O–H groups in total. The van der Waals surface area contributed by atoms with Crippen LogP contribution in [0, 0.1) is 6.92 Å². The van der Waals surface area contributed by atoms with Crippen molar-refractivity contribution >= 4 is 50.7 Å². The number of amides is 1. The fraction of sp³-hybridized carbons (Fsp3) is 0.286. The lowest BCUT2D eigenvalue weighted by atomic mass is 10.1. The summed E-state index contributed by atoms with van der Waals surface area (Å²) in [6.07, 6.45) is 2.94. The van der Waals surface area contributed by atoms with Crippen molar-refractivity contribution in [3.63, 3.8) is 0 Å². The molecule has 0 saturated heterocycles. The Labute approximate surface area is 142 Å². The highest BCUT2D eigenvalue weighted by Crippen LogP contribution is 2.23. The van der Waals surface area contributed by atoms with Crippen LogP contribution in [0.4, 0.5) is 5.13 Å². The smallest absolute Gasteiger partial charge is 0.227 e. The van der Waals surface area contributed by atoms with Crippen molar-refractivity contribution in [2.45, 2.75) is 19.8 Å². The largest absolute Gasteiger partial charge is 0.330 e. The molecule has 0 unspecified atom stereocenters. The van der Waals surface area contributed by atoms with Crippen molar-refractivity contribution in [1.82, 2.24) is 4.98 Å². The third kappa shape index (κ3) is 5.39. The fourth-order valence-corrected chi connectivity index (χ4v) is 2.89. The Balaban J connectivity index is 0.00000220. The summed E-state index contributed by atoms with van der Waals surface area (Å²) < 4.78 is 1.11. The number of aromatic nitrogens is 1. The van der Waals surface area contributed by atoms with Crippen molar-refractivity contribution < 1.29 is 4.79 Å². The minimum Gasteiger partial charge on any atom is -0.330 e. The van der Waals surface area contributed by atoms with E-state index in [-0.39, 0.29) is 18.3 Å². The molecule has 114 valence electrons. The maximum absolute atomic E-state index is 11.4. The van der Waals surface area contributed by atoms with Crippen LogP contribution < -0.4 is 11.1 Å². The number of anilines is 1. The highest BCUT2D eigenvalue weighted by Gasteiger charge is 2.07. The van der Waals surface area contributed by atoms with Gasteiger partial charge in [0.25, 0.3) is 0 Å². The lowest BCUT2D eigenvalue weighted by molar-refractivity contribution is -0.116. The van der Waals surface area contributed by atoms with Gasteiger partial charge in [0.1, 0.15) is 0 Å². The summed E-state index contributed by atoms with van der Waals surface area (Å²) in [7, 11) is 0. The Bertz CT molecular complexity index is 618. The Hall–Kier alpha value is -0.950. The van der Waals surface area contributed by atoms with E-state index in [1.54, 1.807) is 6.20 Å². The zero-order chi connectivity index (χ0) is 14.5. The number of nitrogens with one attached hydrogen (secondary N) is 1. The number of nitrogens with two attached hydrogens (primary N) is 1. The number of hydrogen-bond acceptors (Lipinski definition) is 4. The van der Waals surface area contributed by atoms with Crippen LogP contribution in [0.2, 0.25) is 0 Å². The molecule has 0 fully saturated rings. The van der Waals surface area contributed by atoms with Gasteiger partial charge in [0.2, 0.25) is 5.91 Å².